The Morgan fingerprint density at radius 3 is 2.60 bits per heavy atom. The van der Waals surface area contributed by atoms with E-state index >= 15 is 0 Å². The second-order valence-corrected chi connectivity index (χ2v) is 3.14. The van der Waals surface area contributed by atoms with Gasteiger partial charge in [0.25, 0.3) is 0 Å². The van der Waals surface area contributed by atoms with Crippen molar-refractivity contribution in [3.05, 3.63) is 29.7 Å². The molecular weight excluding hydrogens is 191 g/mol. The number of benzene rings is 1. The van der Waals surface area contributed by atoms with E-state index in [9.17, 15) is 4.39 Å². The first-order valence-corrected chi connectivity index (χ1v) is 5.32. The molecule has 0 unspecified atom stereocenters. The second-order valence-electron chi connectivity index (χ2n) is 3.14. The number of hydrogen-bond donors (Lipinski definition) is 0. The summed E-state index contributed by atoms with van der Waals surface area (Å²) in [6.07, 6.45) is 2.54. The number of fused-ring (bicyclic) bond motifs is 1. The largest absolute Gasteiger partial charge is 0.265 e. The van der Waals surface area contributed by atoms with Crippen molar-refractivity contribution in [2.45, 2.75) is 27.2 Å². The van der Waals surface area contributed by atoms with E-state index in [2.05, 4.69) is 5.10 Å². The summed E-state index contributed by atoms with van der Waals surface area (Å²) in [6, 6.07) is 3.55. The number of hydrogen-bond acceptors (Lipinski definition) is 1. The molecule has 2 rings (SSSR count). The Labute approximate surface area is 89.7 Å². The minimum atomic E-state index is -0.186. The number of rotatable bonds is 1. The van der Waals surface area contributed by atoms with Crippen molar-refractivity contribution in [1.82, 2.24) is 9.78 Å². The van der Waals surface area contributed by atoms with Gasteiger partial charge in [-0.05, 0) is 24.1 Å². The summed E-state index contributed by atoms with van der Waals surface area (Å²) in [5.41, 5.74) is 1.59. The zero-order valence-corrected chi connectivity index (χ0v) is 9.71. The van der Waals surface area contributed by atoms with E-state index in [1.54, 1.807) is 24.0 Å². The molecule has 0 N–H and O–H groups in total. The number of nitrogens with zero attached hydrogens (tertiary/aromatic N) is 2. The van der Waals surface area contributed by atoms with Gasteiger partial charge in [-0.25, -0.2) is 4.39 Å². The lowest BCUT2D eigenvalue weighted by Gasteiger charge is -1.99. The summed E-state index contributed by atoms with van der Waals surface area (Å²) in [7, 11) is 1.75. The predicted molar refractivity (Wildman–Crippen MR) is 61.4 cm³/mol. The molecule has 0 aliphatic carbocycles. The molecule has 15 heavy (non-hydrogen) atoms. The topological polar surface area (TPSA) is 17.8 Å². The molecule has 2 aromatic rings. The Kier molecular flexibility index (Phi) is 3.83. The van der Waals surface area contributed by atoms with Gasteiger partial charge in [-0.1, -0.05) is 20.8 Å². The van der Waals surface area contributed by atoms with E-state index in [-0.39, 0.29) is 5.82 Å². The first kappa shape index (κ1) is 11.7. The van der Waals surface area contributed by atoms with Crippen LogP contribution < -0.4 is 0 Å². The van der Waals surface area contributed by atoms with Crippen molar-refractivity contribution in [2.24, 2.45) is 7.05 Å². The van der Waals surface area contributed by atoms with Gasteiger partial charge in [0.15, 0.2) is 0 Å². The molecule has 0 aliphatic rings. The fourth-order valence-electron chi connectivity index (χ4n) is 1.53. The summed E-state index contributed by atoms with van der Waals surface area (Å²) in [6.45, 7) is 6.01. The van der Waals surface area contributed by atoms with Crippen LogP contribution in [0.25, 0.3) is 10.9 Å². The van der Waals surface area contributed by atoms with Crippen LogP contribution in [-0.2, 0) is 13.5 Å². The monoisotopic (exact) mass is 208 g/mol. The highest BCUT2D eigenvalue weighted by Crippen LogP contribution is 2.19. The van der Waals surface area contributed by atoms with Crippen molar-refractivity contribution >= 4 is 10.9 Å². The third-order valence-electron chi connectivity index (χ3n) is 2.25. The van der Waals surface area contributed by atoms with Crippen molar-refractivity contribution in [2.75, 3.05) is 0 Å². The standard InChI is InChI=1S/C10H11FN2.C2H6/c1-3-7-4-8-6-12-13(2)10(8)9(11)5-7;1-2/h4-6H,3H2,1-2H3;1-2H3. The van der Waals surface area contributed by atoms with Gasteiger partial charge in [-0.2, -0.15) is 5.10 Å². The quantitative estimate of drug-likeness (QED) is 0.703. The van der Waals surface area contributed by atoms with Gasteiger partial charge in [-0.3, -0.25) is 4.68 Å². The Morgan fingerprint density at radius 2 is 2.00 bits per heavy atom. The third-order valence-corrected chi connectivity index (χ3v) is 2.25. The predicted octanol–water partition coefficient (Wildman–Crippen LogP) is 3.30. The van der Waals surface area contributed by atoms with Crippen molar-refractivity contribution < 1.29 is 4.39 Å². The Morgan fingerprint density at radius 1 is 1.33 bits per heavy atom. The zero-order valence-electron chi connectivity index (χ0n) is 9.71. The highest BCUT2D eigenvalue weighted by atomic mass is 19.1. The maximum atomic E-state index is 13.5. The summed E-state index contributed by atoms with van der Waals surface area (Å²) in [5.74, 6) is -0.186. The molecule has 0 saturated heterocycles. The molecule has 0 bridgehead atoms. The molecule has 0 fully saturated rings. The molecule has 0 atom stereocenters. The molecule has 2 nitrogen and oxygen atoms in total. The van der Waals surface area contributed by atoms with Crippen LogP contribution >= 0.6 is 0 Å². The molecule has 0 aliphatic heterocycles. The van der Waals surface area contributed by atoms with Gasteiger partial charge < -0.3 is 0 Å². The third kappa shape index (κ3) is 2.17. The lowest BCUT2D eigenvalue weighted by atomic mass is 10.1. The van der Waals surface area contributed by atoms with Crippen LogP contribution in [0.15, 0.2) is 18.3 Å². The summed E-state index contributed by atoms with van der Waals surface area (Å²) in [5, 5.41) is 4.88. The molecule has 0 amide bonds. The van der Waals surface area contributed by atoms with Crippen LogP contribution in [0, 0.1) is 5.82 Å². The van der Waals surface area contributed by atoms with Gasteiger partial charge >= 0.3 is 0 Å². The van der Waals surface area contributed by atoms with Crippen LogP contribution in [-0.4, -0.2) is 9.78 Å². The Balaban J connectivity index is 0.000000531. The molecule has 0 radical (unpaired) electrons. The molecule has 1 aromatic heterocycles. The average molecular weight is 208 g/mol. The van der Waals surface area contributed by atoms with Gasteiger partial charge in [-0.15, -0.1) is 0 Å². The van der Waals surface area contributed by atoms with E-state index in [0.717, 1.165) is 17.4 Å². The second kappa shape index (κ2) is 4.91. The highest BCUT2D eigenvalue weighted by molar-refractivity contribution is 5.79. The average Bonchev–Trinajstić information content (AvgIpc) is 2.63. The summed E-state index contributed by atoms with van der Waals surface area (Å²) < 4.78 is 15.0. The highest BCUT2D eigenvalue weighted by Gasteiger charge is 2.06. The fourth-order valence-corrected chi connectivity index (χ4v) is 1.53. The molecule has 1 heterocycles. The van der Waals surface area contributed by atoms with E-state index in [1.807, 2.05) is 26.8 Å². The van der Waals surface area contributed by atoms with Crippen LogP contribution in [0.3, 0.4) is 0 Å². The van der Waals surface area contributed by atoms with Crippen molar-refractivity contribution in [1.29, 1.82) is 0 Å². The first-order chi connectivity index (χ1) is 7.22. The summed E-state index contributed by atoms with van der Waals surface area (Å²) >= 11 is 0. The van der Waals surface area contributed by atoms with Gasteiger partial charge in [0, 0.05) is 12.4 Å². The molecule has 0 saturated carbocycles. The van der Waals surface area contributed by atoms with Crippen LogP contribution in [0.2, 0.25) is 0 Å². The van der Waals surface area contributed by atoms with E-state index < -0.39 is 0 Å². The van der Waals surface area contributed by atoms with Crippen molar-refractivity contribution in [3.8, 4) is 0 Å². The lowest BCUT2D eigenvalue weighted by molar-refractivity contribution is 0.624. The first-order valence-electron chi connectivity index (χ1n) is 5.32. The number of halogens is 1. The minimum absolute atomic E-state index is 0.186. The van der Waals surface area contributed by atoms with Gasteiger partial charge in [0.1, 0.15) is 11.3 Å². The molecule has 0 spiro atoms. The van der Waals surface area contributed by atoms with Crippen LogP contribution in [0.4, 0.5) is 4.39 Å². The van der Waals surface area contributed by atoms with E-state index in [0.29, 0.717) is 5.52 Å². The van der Waals surface area contributed by atoms with Gasteiger partial charge in [0.2, 0.25) is 0 Å². The SMILES string of the molecule is CC.CCc1cc(F)c2c(cnn2C)c1. The minimum Gasteiger partial charge on any atom is -0.265 e. The lowest BCUT2D eigenvalue weighted by Crippen LogP contribution is -1.92. The van der Waals surface area contributed by atoms with E-state index in [1.165, 1.54) is 0 Å². The maximum absolute atomic E-state index is 13.5. The van der Waals surface area contributed by atoms with Crippen LogP contribution in [0.5, 0.6) is 0 Å². The molecule has 1 aromatic carbocycles. The summed E-state index contributed by atoms with van der Waals surface area (Å²) in [4.78, 5) is 0. The maximum Gasteiger partial charge on any atom is 0.149 e. The molecule has 3 heteroatoms. The Hall–Kier alpha value is -1.38. The van der Waals surface area contributed by atoms with E-state index in [4.69, 9.17) is 0 Å². The smallest absolute Gasteiger partial charge is 0.149 e. The van der Waals surface area contributed by atoms with Crippen molar-refractivity contribution in [3.63, 3.8) is 0 Å². The van der Waals surface area contributed by atoms with Crippen LogP contribution in [0.1, 0.15) is 26.3 Å². The zero-order chi connectivity index (χ0) is 11.4. The normalized spacial score (nSPS) is 9.93. The molecule has 82 valence electrons. The fraction of sp³-hybridized carbons (Fsp3) is 0.417. The number of aryl methyl sites for hydroxylation is 2. The molecular formula is C12H17FN2. The Bertz CT molecular complexity index is 446. The van der Waals surface area contributed by atoms with Gasteiger partial charge in [0.05, 0.1) is 6.20 Å². The number of aromatic nitrogens is 2.